The SMILES string of the molecule is C#CCOc1ccccc1C=Nc1sc2c(c1C#N)CC[C@H](C(C)(C)C)C2. The minimum absolute atomic E-state index is 0.218. The lowest BCUT2D eigenvalue weighted by Gasteiger charge is -2.33. The summed E-state index contributed by atoms with van der Waals surface area (Å²) < 4.78 is 5.58. The monoisotopic (exact) mass is 376 g/mol. The van der Waals surface area contributed by atoms with Crippen molar-refractivity contribution in [2.24, 2.45) is 16.3 Å². The molecule has 0 amide bonds. The molecule has 1 aliphatic carbocycles. The molecule has 0 saturated heterocycles. The molecule has 0 unspecified atom stereocenters. The lowest BCUT2D eigenvalue weighted by atomic mass is 9.72. The first-order chi connectivity index (χ1) is 12.9. The quantitative estimate of drug-likeness (QED) is 0.520. The van der Waals surface area contributed by atoms with Gasteiger partial charge in [0.2, 0.25) is 0 Å². The summed E-state index contributed by atoms with van der Waals surface area (Å²) in [6.07, 6.45) is 10.2. The number of hydrogen-bond donors (Lipinski definition) is 0. The number of thiophene rings is 1. The Balaban J connectivity index is 1.89. The molecule has 0 radical (unpaired) electrons. The molecule has 27 heavy (non-hydrogen) atoms. The molecule has 1 aromatic heterocycles. The number of ether oxygens (including phenoxy) is 1. The topological polar surface area (TPSA) is 45.4 Å². The van der Waals surface area contributed by atoms with Crippen LogP contribution in [0.3, 0.4) is 0 Å². The van der Waals surface area contributed by atoms with Gasteiger partial charge in [-0.15, -0.1) is 17.8 Å². The Morgan fingerprint density at radius 1 is 1.37 bits per heavy atom. The number of nitriles is 1. The first-order valence-electron chi connectivity index (χ1n) is 9.18. The number of terminal acetylenes is 1. The van der Waals surface area contributed by atoms with Gasteiger partial charge in [-0.05, 0) is 48.3 Å². The van der Waals surface area contributed by atoms with Crippen LogP contribution in [0.5, 0.6) is 5.75 Å². The average Bonchev–Trinajstić information content (AvgIpc) is 3.01. The van der Waals surface area contributed by atoms with Crippen molar-refractivity contribution in [3.8, 4) is 24.2 Å². The number of aliphatic imine (C=N–C) groups is 1. The highest BCUT2D eigenvalue weighted by Crippen LogP contribution is 2.44. The van der Waals surface area contributed by atoms with E-state index in [2.05, 4.69) is 37.8 Å². The van der Waals surface area contributed by atoms with E-state index in [0.29, 0.717) is 11.7 Å². The number of para-hydroxylation sites is 1. The standard InChI is InChI=1S/C23H24N2OS/c1-5-12-26-20-9-7-6-8-16(20)15-25-22-19(14-24)18-11-10-17(23(2,3)4)13-21(18)27-22/h1,6-9,15,17H,10-13H2,2-4H3/t17-/m0/s1. The molecule has 1 atom stereocenters. The zero-order chi connectivity index (χ0) is 19.4. The molecule has 4 heteroatoms. The van der Waals surface area contributed by atoms with Crippen LogP contribution in [-0.4, -0.2) is 12.8 Å². The lowest BCUT2D eigenvalue weighted by molar-refractivity contribution is 0.218. The fourth-order valence-electron chi connectivity index (χ4n) is 3.48. The highest BCUT2D eigenvalue weighted by molar-refractivity contribution is 7.16. The number of nitrogens with zero attached hydrogens (tertiary/aromatic N) is 2. The van der Waals surface area contributed by atoms with Crippen molar-refractivity contribution in [3.05, 3.63) is 45.8 Å². The third-order valence-corrected chi connectivity index (χ3v) is 6.30. The van der Waals surface area contributed by atoms with E-state index in [-0.39, 0.29) is 12.0 Å². The molecule has 0 aliphatic heterocycles. The largest absolute Gasteiger partial charge is 0.480 e. The van der Waals surface area contributed by atoms with Crippen LogP contribution >= 0.6 is 11.3 Å². The van der Waals surface area contributed by atoms with Crippen LogP contribution in [0.15, 0.2) is 29.3 Å². The van der Waals surface area contributed by atoms with Crippen molar-refractivity contribution in [1.82, 2.24) is 0 Å². The minimum Gasteiger partial charge on any atom is -0.480 e. The fraction of sp³-hybridized carbons (Fsp3) is 0.391. The maximum atomic E-state index is 9.69. The zero-order valence-electron chi connectivity index (χ0n) is 16.1. The minimum atomic E-state index is 0.218. The first-order valence-corrected chi connectivity index (χ1v) is 9.99. The summed E-state index contributed by atoms with van der Waals surface area (Å²) in [5.41, 5.74) is 3.08. The zero-order valence-corrected chi connectivity index (χ0v) is 16.9. The summed E-state index contributed by atoms with van der Waals surface area (Å²) in [5.74, 6) is 3.82. The second-order valence-corrected chi connectivity index (χ2v) is 8.97. The van der Waals surface area contributed by atoms with Gasteiger partial charge in [-0.1, -0.05) is 38.8 Å². The molecule has 1 heterocycles. The van der Waals surface area contributed by atoms with Gasteiger partial charge in [0.15, 0.2) is 0 Å². The molecule has 0 N–H and O–H groups in total. The van der Waals surface area contributed by atoms with Crippen LogP contribution in [0.25, 0.3) is 0 Å². The number of rotatable bonds is 4. The molecule has 0 bridgehead atoms. The Bertz CT molecular complexity index is 935. The lowest BCUT2D eigenvalue weighted by Crippen LogP contribution is -2.26. The van der Waals surface area contributed by atoms with E-state index in [1.54, 1.807) is 17.6 Å². The van der Waals surface area contributed by atoms with Crippen molar-refractivity contribution < 1.29 is 4.74 Å². The second kappa shape index (κ2) is 7.99. The molecular weight excluding hydrogens is 352 g/mol. The van der Waals surface area contributed by atoms with E-state index >= 15 is 0 Å². The Morgan fingerprint density at radius 2 is 2.15 bits per heavy atom. The van der Waals surface area contributed by atoms with E-state index in [4.69, 9.17) is 11.2 Å². The van der Waals surface area contributed by atoms with Gasteiger partial charge in [0.1, 0.15) is 23.4 Å². The Kier molecular flexibility index (Phi) is 5.68. The molecule has 3 nitrogen and oxygen atoms in total. The van der Waals surface area contributed by atoms with Crippen molar-refractivity contribution >= 4 is 22.6 Å². The molecule has 0 saturated carbocycles. The Morgan fingerprint density at radius 3 is 2.85 bits per heavy atom. The second-order valence-electron chi connectivity index (χ2n) is 7.89. The van der Waals surface area contributed by atoms with Crippen molar-refractivity contribution in [2.45, 2.75) is 40.0 Å². The van der Waals surface area contributed by atoms with Crippen molar-refractivity contribution in [3.63, 3.8) is 0 Å². The van der Waals surface area contributed by atoms with Gasteiger partial charge in [0.25, 0.3) is 0 Å². The summed E-state index contributed by atoms with van der Waals surface area (Å²) in [7, 11) is 0. The van der Waals surface area contributed by atoms with Gasteiger partial charge in [0.05, 0.1) is 5.56 Å². The average molecular weight is 377 g/mol. The first kappa shape index (κ1) is 19.2. The number of fused-ring (bicyclic) bond motifs is 1. The van der Waals surface area contributed by atoms with E-state index in [0.717, 1.165) is 35.4 Å². The van der Waals surface area contributed by atoms with Gasteiger partial charge in [0, 0.05) is 16.7 Å². The molecule has 0 fully saturated rings. The molecule has 2 aromatic rings. The van der Waals surface area contributed by atoms with Gasteiger partial charge in [-0.2, -0.15) is 5.26 Å². The Hall–Kier alpha value is -2.56. The maximum Gasteiger partial charge on any atom is 0.148 e. The van der Waals surface area contributed by atoms with E-state index < -0.39 is 0 Å². The van der Waals surface area contributed by atoms with Gasteiger partial charge in [-0.25, -0.2) is 4.99 Å². The predicted octanol–water partition coefficient (Wildman–Crippen LogP) is 5.53. The summed E-state index contributed by atoms with van der Waals surface area (Å²) in [6, 6.07) is 10.0. The van der Waals surface area contributed by atoms with E-state index in [1.807, 2.05) is 24.3 Å². The molecule has 138 valence electrons. The van der Waals surface area contributed by atoms with Crippen LogP contribution in [0.4, 0.5) is 5.00 Å². The van der Waals surface area contributed by atoms with Gasteiger partial charge in [-0.3, -0.25) is 0 Å². The van der Waals surface area contributed by atoms with Gasteiger partial charge < -0.3 is 4.74 Å². The maximum absolute atomic E-state index is 9.69. The smallest absolute Gasteiger partial charge is 0.148 e. The van der Waals surface area contributed by atoms with Crippen molar-refractivity contribution in [2.75, 3.05) is 6.61 Å². The van der Waals surface area contributed by atoms with Gasteiger partial charge >= 0.3 is 0 Å². The summed E-state index contributed by atoms with van der Waals surface area (Å²) in [4.78, 5) is 5.97. The normalized spacial score (nSPS) is 16.6. The molecular formula is C23H24N2OS. The van der Waals surface area contributed by atoms with Crippen LogP contribution in [0.1, 0.15) is 48.8 Å². The van der Waals surface area contributed by atoms with Crippen molar-refractivity contribution in [1.29, 1.82) is 5.26 Å². The molecule has 0 spiro atoms. The molecule has 1 aliphatic rings. The van der Waals surface area contributed by atoms with E-state index in [1.165, 1.54) is 10.4 Å². The number of hydrogen-bond acceptors (Lipinski definition) is 4. The predicted molar refractivity (Wildman–Crippen MR) is 112 cm³/mol. The highest BCUT2D eigenvalue weighted by atomic mass is 32.1. The van der Waals surface area contributed by atoms with Crippen LogP contribution in [0, 0.1) is 35.0 Å². The number of benzene rings is 1. The molecule has 1 aromatic carbocycles. The van der Waals surface area contributed by atoms with Crippen LogP contribution < -0.4 is 4.74 Å². The summed E-state index contributed by atoms with van der Waals surface area (Å²) >= 11 is 1.66. The third-order valence-electron chi connectivity index (χ3n) is 5.13. The molecule has 3 rings (SSSR count). The Labute approximate surface area is 165 Å². The van der Waals surface area contributed by atoms with Crippen LogP contribution in [0.2, 0.25) is 0 Å². The highest BCUT2D eigenvalue weighted by Gasteiger charge is 2.32. The summed E-state index contributed by atoms with van der Waals surface area (Å²) in [5, 5.41) is 10.5. The third kappa shape index (κ3) is 4.24. The summed E-state index contributed by atoms with van der Waals surface area (Å²) in [6.45, 7) is 7.12. The van der Waals surface area contributed by atoms with Crippen LogP contribution in [-0.2, 0) is 12.8 Å². The fourth-order valence-corrected chi connectivity index (χ4v) is 4.70. The van der Waals surface area contributed by atoms with E-state index in [9.17, 15) is 5.26 Å².